The van der Waals surface area contributed by atoms with Gasteiger partial charge >= 0.3 is 0 Å². The van der Waals surface area contributed by atoms with Gasteiger partial charge in [-0.3, -0.25) is 0 Å². The van der Waals surface area contributed by atoms with Gasteiger partial charge in [0, 0.05) is 43.7 Å². The van der Waals surface area contributed by atoms with Crippen molar-refractivity contribution in [2.24, 2.45) is 0 Å². The highest BCUT2D eigenvalue weighted by atomic mass is 16.5. The molecule has 0 saturated heterocycles. The summed E-state index contributed by atoms with van der Waals surface area (Å²) < 4.78 is 13.7. The largest absolute Gasteiger partial charge is 0.453 e. The van der Waals surface area contributed by atoms with Crippen LogP contribution in [0.15, 0.2) is 200 Å². The third kappa shape index (κ3) is 4.34. The minimum absolute atomic E-state index is 0.874. The van der Waals surface area contributed by atoms with Gasteiger partial charge in [-0.05, 0) is 107 Å². The van der Waals surface area contributed by atoms with E-state index in [0.717, 1.165) is 39.6 Å². The molecule has 270 valence electrons. The summed E-state index contributed by atoms with van der Waals surface area (Å²) in [4.78, 5) is 0. The van der Waals surface area contributed by atoms with Gasteiger partial charge in [0.25, 0.3) is 0 Å². The predicted molar refractivity (Wildman–Crippen MR) is 240 cm³/mol. The van der Waals surface area contributed by atoms with Gasteiger partial charge < -0.3 is 18.4 Å². The fourth-order valence-corrected chi connectivity index (χ4v) is 9.72. The SMILES string of the molecule is c1ccc(-c2ccc3c(c2)c2cc(-n4c5ccccc5c5ccccc54)ccc2n3-c2ccc(-c3ccc4c5c3c3ccccc3n5-c3ccccc3O4)cc2)cc1. The van der Waals surface area contributed by atoms with Crippen molar-refractivity contribution in [3.8, 4) is 50.8 Å². The average molecular weight is 740 g/mol. The summed E-state index contributed by atoms with van der Waals surface area (Å²) >= 11 is 0. The number of fused-ring (bicyclic) bond motifs is 11. The van der Waals surface area contributed by atoms with Gasteiger partial charge in [0.1, 0.15) is 0 Å². The highest BCUT2D eigenvalue weighted by molar-refractivity contribution is 6.18. The molecule has 0 amide bonds. The Morgan fingerprint density at radius 3 is 1.62 bits per heavy atom. The van der Waals surface area contributed by atoms with Gasteiger partial charge in [0.15, 0.2) is 11.5 Å². The van der Waals surface area contributed by atoms with Crippen LogP contribution in [0.5, 0.6) is 11.5 Å². The molecule has 3 aromatic heterocycles. The summed E-state index contributed by atoms with van der Waals surface area (Å²) in [6.07, 6.45) is 0. The predicted octanol–water partition coefficient (Wildman–Crippen LogP) is 14.4. The zero-order chi connectivity index (χ0) is 37.9. The lowest BCUT2D eigenvalue weighted by atomic mass is 9.98. The summed E-state index contributed by atoms with van der Waals surface area (Å²) in [5.74, 6) is 1.75. The Morgan fingerprint density at radius 1 is 0.310 bits per heavy atom. The molecule has 4 heterocycles. The van der Waals surface area contributed by atoms with E-state index in [-0.39, 0.29) is 0 Å². The summed E-state index contributed by atoms with van der Waals surface area (Å²) in [6.45, 7) is 0. The maximum atomic E-state index is 6.50. The summed E-state index contributed by atoms with van der Waals surface area (Å²) in [5, 5.41) is 7.39. The second-order valence-electron chi connectivity index (χ2n) is 15.3. The van der Waals surface area contributed by atoms with Gasteiger partial charge in [0.05, 0.1) is 38.8 Å². The molecular formula is C54H33N3O. The standard InChI is InChI=1S/C54H33N3O/c1-2-12-34(13-3-1)36-24-29-48-43(32-36)44-33-38(56-45-17-7-4-14-40(45)41-15-5-8-18-46(41)56)27-30-49(44)55(48)37-25-22-35(23-26-37)39-28-31-52-54-53(39)42-16-6-9-19-47(42)57(54)50-20-10-11-21-51(50)58-52/h1-33H. The monoisotopic (exact) mass is 739 g/mol. The molecule has 0 spiro atoms. The summed E-state index contributed by atoms with van der Waals surface area (Å²) in [7, 11) is 0. The van der Waals surface area contributed by atoms with E-state index >= 15 is 0 Å². The summed E-state index contributed by atoms with van der Waals surface area (Å²) in [5.41, 5.74) is 15.2. The first-order valence-corrected chi connectivity index (χ1v) is 19.8. The minimum Gasteiger partial charge on any atom is -0.453 e. The molecule has 0 atom stereocenters. The van der Waals surface area contributed by atoms with Crippen LogP contribution in [0.25, 0.3) is 105 Å². The van der Waals surface area contributed by atoms with E-state index in [4.69, 9.17) is 4.74 Å². The fraction of sp³-hybridized carbons (Fsp3) is 0. The Hall–Kier alpha value is -7.82. The normalized spacial score (nSPS) is 12.3. The van der Waals surface area contributed by atoms with Crippen LogP contribution >= 0.6 is 0 Å². The van der Waals surface area contributed by atoms with E-state index in [1.54, 1.807) is 0 Å². The number of benzene rings is 9. The average Bonchev–Trinajstić information content (AvgIpc) is 3.93. The molecule has 0 N–H and O–H groups in total. The van der Waals surface area contributed by atoms with Crippen LogP contribution in [0.2, 0.25) is 0 Å². The molecule has 4 heteroatoms. The molecule has 0 radical (unpaired) electrons. The van der Waals surface area contributed by atoms with Gasteiger partial charge in [-0.15, -0.1) is 0 Å². The second-order valence-corrected chi connectivity index (χ2v) is 15.3. The van der Waals surface area contributed by atoms with Crippen LogP contribution in [0, 0.1) is 0 Å². The van der Waals surface area contributed by atoms with Gasteiger partial charge in [-0.25, -0.2) is 0 Å². The quantitative estimate of drug-likeness (QED) is 0.176. The highest BCUT2D eigenvalue weighted by Crippen LogP contribution is 2.48. The molecule has 0 unspecified atom stereocenters. The molecule has 1 aliphatic heterocycles. The number of nitrogens with zero attached hydrogens (tertiary/aromatic N) is 3. The first kappa shape index (κ1) is 31.4. The van der Waals surface area contributed by atoms with E-state index in [1.807, 2.05) is 12.1 Å². The molecule has 9 aromatic carbocycles. The number of aromatic nitrogens is 3. The molecule has 0 bridgehead atoms. The summed E-state index contributed by atoms with van der Waals surface area (Å²) in [6, 6.07) is 72.5. The number of ether oxygens (including phenoxy) is 1. The van der Waals surface area contributed by atoms with Crippen LogP contribution in [0.3, 0.4) is 0 Å². The van der Waals surface area contributed by atoms with Crippen molar-refractivity contribution in [3.63, 3.8) is 0 Å². The molecule has 0 fully saturated rings. The van der Waals surface area contributed by atoms with Crippen LogP contribution in [-0.2, 0) is 0 Å². The maximum absolute atomic E-state index is 6.50. The van der Waals surface area contributed by atoms with E-state index in [1.165, 1.54) is 76.6 Å². The number of para-hydroxylation sites is 5. The lowest BCUT2D eigenvalue weighted by Crippen LogP contribution is -2.03. The van der Waals surface area contributed by atoms with E-state index in [0.29, 0.717) is 0 Å². The number of hydrogen-bond donors (Lipinski definition) is 0. The van der Waals surface area contributed by atoms with Gasteiger partial charge in [-0.1, -0.05) is 115 Å². The number of rotatable bonds is 4. The van der Waals surface area contributed by atoms with Gasteiger partial charge in [-0.2, -0.15) is 0 Å². The van der Waals surface area contributed by atoms with E-state index in [9.17, 15) is 0 Å². The van der Waals surface area contributed by atoms with Crippen LogP contribution < -0.4 is 4.74 Å². The lowest BCUT2D eigenvalue weighted by Gasteiger charge is -2.21. The van der Waals surface area contributed by atoms with Crippen molar-refractivity contribution < 1.29 is 4.74 Å². The third-order valence-corrected chi connectivity index (χ3v) is 12.2. The van der Waals surface area contributed by atoms with Crippen LogP contribution in [-0.4, -0.2) is 13.7 Å². The highest BCUT2D eigenvalue weighted by Gasteiger charge is 2.26. The maximum Gasteiger partial charge on any atom is 0.152 e. The number of hydrogen-bond acceptors (Lipinski definition) is 1. The zero-order valence-corrected chi connectivity index (χ0v) is 31.3. The Balaban J connectivity index is 1.01. The lowest BCUT2D eigenvalue weighted by molar-refractivity contribution is 0.476. The molecule has 1 aliphatic rings. The molecular weight excluding hydrogens is 707 g/mol. The van der Waals surface area contributed by atoms with Crippen molar-refractivity contribution in [2.45, 2.75) is 0 Å². The van der Waals surface area contributed by atoms with Crippen LogP contribution in [0.4, 0.5) is 0 Å². The Kier molecular flexibility index (Phi) is 6.41. The zero-order valence-electron chi connectivity index (χ0n) is 31.3. The fourth-order valence-electron chi connectivity index (χ4n) is 9.72. The molecule has 4 nitrogen and oxygen atoms in total. The topological polar surface area (TPSA) is 24.0 Å². The first-order chi connectivity index (χ1) is 28.8. The van der Waals surface area contributed by atoms with Crippen molar-refractivity contribution >= 4 is 65.4 Å². The Morgan fingerprint density at radius 2 is 0.862 bits per heavy atom. The molecule has 13 rings (SSSR count). The smallest absolute Gasteiger partial charge is 0.152 e. The minimum atomic E-state index is 0.874. The Bertz CT molecular complexity index is 3590. The molecule has 58 heavy (non-hydrogen) atoms. The molecule has 12 aromatic rings. The third-order valence-electron chi connectivity index (χ3n) is 12.2. The van der Waals surface area contributed by atoms with Crippen molar-refractivity contribution in [3.05, 3.63) is 200 Å². The van der Waals surface area contributed by atoms with E-state index < -0.39 is 0 Å². The van der Waals surface area contributed by atoms with Crippen molar-refractivity contribution in [1.29, 1.82) is 0 Å². The Labute approximate surface area is 333 Å². The van der Waals surface area contributed by atoms with Crippen molar-refractivity contribution in [2.75, 3.05) is 0 Å². The molecule has 0 saturated carbocycles. The van der Waals surface area contributed by atoms with Gasteiger partial charge in [0.2, 0.25) is 0 Å². The van der Waals surface area contributed by atoms with E-state index in [2.05, 4.69) is 202 Å². The molecule has 0 aliphatic carbocycles. The van der Waals surface area contributed by atoms with Crippen molar-refractivity contribution in [1.82, 2.24) is 13.7 Å². The first-order valence-electron chi connectivity index (χ1n) is 19.8. The second kappa shape index (κ2) is 11.8. The van der Waals surface area contributed by atoms with Crippen LogP contribution in [0.1, 0.15) is 0 Å².